The van der Waals surface area contributed by atoms with Crippen LogP contribution in [0.4, 0.5) is 0 Å². The summed E-state index contributed by atoms with van der Waals surface area (Å²) < 4.78 is 10.8. The zero-order chi connectivity index (χ0) is 14.7. The zero-order valence-corrected chi connectivity index (χ0v) is 11.5. The molecule has 0 aliphatic carbocycles. The van der Waals surface area contributed by atoms with Gasteiger partial charge in [-0.15, -0.1) is 0 Å². The van der Waals surface area contributed by atoms with Crippen molar-refractivity contribution >= 4 is 5.97 Å². The van der Waals surface area contributed by atoms with Gasteiger partial charge in [0, 0.05) is 18.6 Å². The highest BCUT2D eigenvalue weighted by Crippen LogP contribution is 2.20. The first-order valence-electron chi connectivity index (χ1n) is 7.00. The second-order valence-electron chi connectivity index (χ2n) is 5.07. The van der Waals surface area contributed by atoms with Gasteiger partial charge in [-0.25, -0.2) is 4.79 Å². The van der Waals surface area contributed by atoms with Crippen LogP contribution in [0.2, 0.25) is 0 Å². The number of hydrogen-bond acceptors (Lipinski definition) is 5. The maximum atomic E-state index is 11.0. The summed E-state index contributed by atoms with van der Waals surface area (Å²) in [5, 5.41) is 12.9. The number of hydrogen-bond donors (Lipinski definition) is 1. The van der Waals surface area contributed by atoms with Gasteiger partial charge in [0.25, 0.3) is 0 Å². The van der Waals surface area contributed by atoms with Gasteiger partial charge in [-0.3, -0.25) is 0 Å². The molecule has 1 aliphatic rings. The number of carboxylic acids is 1. The molecule has 21 heavy (non-hydrogen) atoms. The van der Waals surface area contributed by atoms with Crippen molar-refractivity contribution in [2.24, 2.45) is 0 Å². The Kier molecular flexibility index (Phi) is 3.96. The number of nitrogens with zero attached hydrogens (tertiary/aromatic N) is 2. The van der Waals surface area contributed by atoms with E-state index in [0.29, 0.717) is 23.7 Å². The molecule has 0 radical (unpaired) electrons. The fraction of sp³-hybridized carbons (Fsp3) is 0.400. The van der Waals surface area contributed by atoms with E-state index in [0.717, 1.165) is 25.9 Å². The van der Waals surface area contributed by atoms with Crippen molar-refractivity contribution in [1.82, 2.24) is 10.1 Å². The Morgan fingerprint density at radius 2 is 2.33 bits per heavy atom. The van der Waals surface area contributed by atoms with Crippen molar-refractivity contribution < 1.29 is 19.2 Å². The van der Waals surface area contributed by atoms with Crippen LogP contribution in [0.25, 0.3) is 11.4 Å². The highest BCUT2D eigenvalue weighted by atomic mass is 16.5. The van der Waals surface area contributed by atoms with Gasteiger partial charge in [-0.1, -0.05) is 17.3 Å². The lowest BCUT2D eigenvalue weighted by Gasteiger charge is -2.05. The smallest absolute Gasteiger partial charge is 0.335 e. The summed E-state index contributed by atoms with van der Waals surface area (Å²) in [4.78, 5) is 15.3. The fourth-order valence-corrected chi connectivity index (χ4v) is 2.42. The first kappa shape index (κ1) is 13.8. The minimum atomic E-state index is -0.973. The number of aromatic nitrogens is 2. The van der Waals surface area contributed by atoms with E-state index in [2.05, 4.69) is 10.1 Å². The monoisotopic (exact) mass is 288 g/mol. The Morgan fingerprint density at radius 3 is 3.10 bits per heavy atom. The van der Waals surface area contributed by atoms with Crippen LogP contribution < -0.4 is 0 Å². The lowest BCUT2D eigenvalue weighted by molar-refractivity contribution is 0.0697. The molecule has 0 saturated carbocycles. The normalized spacial score (nSPS) is 18.0. The van der Waals surface area contributed by atoms with Crippen LogP contribution in [0.3, 0.4) is 0 Å². The Hall–Kier alpha value is -2.21. The minimum Gasteiger partial charge on any atom is -0.478 e. The summed E-state index contributed by atoms with van der Waals surface area (Å²) in [5.41, 5.74) is 0.847. The highest BCUT2D eigenvalue weighted by Gasteiger charge is 2.17. The predicted molar refractivity (Wildman–Crippen MR) is 74.0 cm³/mol. The minimum absolute atomic E-state index is 0.207. The molecule has 1 fully saturated rings. The van der Waals surface area contributed by atoms with Crippen molar-refractivity contribution in [3.8, 4) is 11.4 Å². The van der Waals surface area contributed by atoms with Crippen molar-refractivity contribution in [2.75, 3.05) is 6.61 Å². The molecule has 1 aromatic heterocycles. The van der Waals surface area contributed by atoms with Crippen molar-refractivity contribution in [2.45, 2.75) is 31.8 Å². The first-order valence-corrected chi connectivity index (χ1v) is 7.00. The zero-order valence-electron chi connectivity index (χ0n) is 11.5. The van der Waals surface area contributed by atoms with E-state index < -0.39 is 5.97 Å². The van der Waals surface area contributed by atoms with E-state index in [1.165, 1.54) is 12.1 Å². The molecule has 110 valence electrons. The Bertz CT molecular complexity index is 632. The van der Waals surface area contributed by atoms with E-state index in [1.807, 2.05) is 0 Å². The molecular formula is C15H16N2O4. The largest absolute Gasteiger partial charge is 0.478 e. The quantitative estimate of drug-likeness (QED) is 0.910. The third kappa shape index (κ3) is 3.28. The van der Waals surface area contributed by atoms with Gasteiger partial charge in [0.05, 0.1) is 11.7 Å². The van der Waals surface area contributed by atoms with E-state index in [-0.39, 0.29) is 11.7 Å². The average Bonchev–Trinajstić information content (AvgIpc) is 3.17. The first-order chi connectivity index (χ1) is 10.2. The highest BCUT2D eigenvalue weighted by molar-refractivity contribution is 5.89. The number of benzene rings is 1. The number of aromatic carboxylic acids is 1. The molecule has 0 amide bonds. The van der Waals surface area contributed by atoms with Gasteiger partial charge in [0.15, 0.2) is 0 Å². The fourth-order valence-electron chi connectivity index (χ4n) is 2.42. The molecule has 3 rings (SSSR count). The van der Waals surface area contributed by atoms with Gasteiger partial charge in [0.2, 0.25) is 11.7 Å². The van der Waals surface area contributed by atoms with Crippen LogP contribution >= 0.6 is 0 Å². The molecular weight excluding hydrogens is 272 g/mol. The second-order valence-corrected chi connectivity index (χ2v) is 5.07. The van der Waals surface area contributed by atoms with Gasteiger partial charge in [-0.2, -0.15) is 4.98 Å². The SMILES string of the molecule is O=C(O)c1cccc(-c2noc(CCC3CCCO3)n2)c1. The summed E-state index contributed by atoms with van der Waals surface area (Å²) >= 11 is 0. The Morgan fingerprint density at radius 1 is 1.43 bits per heavy atom. The van der Waals surface area contributed by atoms with Gasteiger partial charge in [-0.05, 0) is 31.4 Å². The summed E-state index contributed by atoms with van der Waals surface area (Å²) in [6.07, 6.45) is 4.03. The molecule has 2 heterocycles. The van der Waals surface area contributed by atoms with Gasteiger partial charge >= 0.3 is 5.97 Å². The molecule has 6 nitrogen and oxygen atoms in total. The lowest BCUT2D eigenvalue weighted by atomic mass is 10.1. The summed E-state index contributed by atoms with van der Waals surface area (Å²) in [5.74, 6) is 0.000573. The van der Waals surface area contributed by atoms with Crippen molar-refractivity contribution in [3.05, 3.63) is 35.7 Å². The Balaban J connectivity index is 1.69. The summed E-state index contributed by atoms with van der Waals surface area (Å²) in [6.45, 7) is 0.835. The van der Waals surface area contributed by atoms with E-state index in [4.69, 9.17) is 14.4 Å². The molecule has 1 saturated heterocycles. The Labute approximate surface area is 121 Å². The summed E-state index contributed by atoms with van der Waals surface area (Å²) in [6, 6.07) is 6.50. The van der Waals surface area contributed by atoms with Crippen LogP contribution in [-0.2, 0) is 11.2 Å². The molecule has 1 atom stereocenters. The van der Waals surface area contributed by atoms with Crippen LogP contribution in [0.15, 0.2) is 28.8 Å². The topological polar surface area (TPSA) is 85.5 Å². The molecule has 1 aliphatic heterocycles. The molecule has 2 aromatic rings. The number of aryl methyl sites for hydroxylation is 1. The van der Waals surface area contributed by atoms with Crippen molar-refractivity contribution in [1.29, 1.82) is 0 Å². The van der Waals surface area contributed by atoms with Gasteiger partial charge < -0.3 is 14.4 Å². The van der Waals surface area contributed by atoms with E-state index in [1.54, 1.807) is 12.1 Å². The third-order valence-electron chi connectivity index (χ3n) is 3.54. The maximum absolute atomic E-state index is 11.0. The molecule has 0 bridgehead atoms. The van der Waals surface area contributed by atoms with Gasteiger partial charge in [0.1, 0.15) is 0 Å². The van der Waals surface area contributed by atoms with E-state index >= 15 is 0 Å². The molecule has 1 aromatic carbocycles. The second kappa shape index (κ2) is 6.05. The molecule has 1 unspecified atom stereocenters. The van der Waals surface area contributed by atoms with Crippen LogP contribution in [0, 0.1) is 0 Å². The number of ether oxygens (including phenoxy) is 1. The third-order valence-corrected chi connectivity index (χ3v) is 3.54. The number of rotatable bonds is 5. The standard InChI is InChI=1S/C15H16N2O4/c18-15(19)11-4-1-3-10(9-11)14-16-13(21-17-14)7-6-12-5-2-8-20-12/h1,3-4,9,12H,2,5-8H2,(H,18,19). The number of carboxylic acid groups (broad SMARTS) is 1. The predicted octanol–water partition coefficient (Wildman–Crippen LogP) is 2.55. The van der Waals surface area contributed by atoms with Crippen molar-refractivity contribution in [3.63, 3.8) is 0 Å². The number of carbonyl (C=O) groups is 1. The molecule has 1 N–H and O–H groups in total. The molecule has 0 spiro atoms. The summed E-state index contributed by atoms with van der Waals surface area (Å²) in [7, 11) is 0. The lowest BCUT2D eigenvalue weighted by Crippen LogP contribution is -2.06. The van der Waals surface area contributed by atoms with Crippen LogP contribution in [-0.4, -0.2) is 33.9 Å². The van der Waals surface area contributed by atoms with Crippen LogP contribution in [0.5, 0.6) is 0 Å². The maximum Gasteiger partial charge on any atom is 0.335 e. The molecule has 6 heteroatoms. The van der Waals surface area contributed by atoms with E-state index in [9.17, 15) is 4.79 Å². The average molecular weight is 288 g/mol. The van der Waals surface area contributed by atoms with Crippen LogP contribution in [0.1, 0.15) is 35.5 Å².